The Hall–Kier alpha value is -0.570. The third kappa shape index (κ3) is 1.49. The number of carbonyl (C=O) groups is 1. The molecule has 3 nitrogen and oxygen atoms in total. The predicted molar refractivity (Wildman–Crippen MR) is 69.9 cm³/mol. The average molecular weight is 248 g/mol. The van der Waals surface area contributed by atoms with Crippen molar-refractivity contribution in [3.8, 4) is 0 Å². The summed E-state index contributed by atoms with van der Waals surface area (Å²) in [5.74, 6) is 1.36. The molecule has 1 saturated heterocycles. The molecule has 1 unspecified atom stereocenters. The number of carbonyl (C=O) groups excluding carboxylic acids is 1. The van der Waals surface area contributed by atoms with Gasteiger partial charge in [-0.3, -0.25) is 10.1 Å². The van der Waals surface area contributed by atoms with Gasteiger partial charge in [0.15, 0.2) is 0 Å². The highest BCUT2D eigenvalue weighted by atomic mass is 16.2. The molecule has 1 N–H and O–H groups in total. The van der Waals surface area contributed by atoms with Crippen LogP contribution >= 0.6 is 0 Å². The van der Waals surface area contributed by atoms with Gasteiger partial charge in [-0.1, -0.05) is 12.8 Å². The summed E-state index contributed by atoms with van der Waals surface area (Å²) >= 11 is 0. The van der Waals surface area contributed by atoms with E-state index in [9.17, 15) is 4.79 Å². The second-order valence-corrected chi connectivity index (χ2v) is 7.18. The number of nitrogens with one attached hydrogen (secondary N) is 1. The highest BCUT2D eigenvalue weighted by Gasteiger charge is 2.58. The Labute approximate surface area is 109 Å². The van der Waals surface area contributed by atoms with E-state index in [1.807, 2.05) is 0 Å². The van der Waals surface area contributed by atoms with Crippen LogP contribution in [0.5, 0.6) is 0 Å². The van der Waals surface area contributed by atoms with Crippen LogP contribution in [0, 0.1) is 11.3 Å². The molecule has 0 aromatic heterocycles. The quantitative estimate of drug-likeness (QED) is 0.831. The van der Waals surface area contributed by atoms with E-state index in [4.69, 9.17) is 0 Å². The fourth-order valence-electron chi connectivity index (χ4n) is 4.43. The van der Waals surface area contributed by atoms with Crippen LogP contribution in [0.3, 0.4) is 0 Å². The molecule has 4 fully saturated rings. The molecule has 1 aliphatic heterocycles. The van der Waals surface area contributed by atoms with Crippen molar-refractivity contribution < 1.29 is 4.79 Å². The molecule has 1 amide bonds. The summed E-state index contributed by atoms with van der Waals surface area (Å²) in [5, 5.41) is 3.62. The minimum absolute atomic E-state index is 0.168. The largest absolute Gasteiger partial charge is 0.325 e. The lowest BCUT2D eigenvalue weighted by Crippen LogP contribution is -2.44. The van der Waals surface area contributed by atoms with E-state index in [0.29, 0.717) is 11.3 Å². The Morgan fingerprint density at radius 2 is 1.89 bits per heavy atom. The summed E-state index contributed by atoms with van der Waals surface area (Å²) < 4.78 is 0. The first kappa shape index (κ1) is 11.3. The fourth-order valence-corrected chi connectivity index (χ4v) is 4.43. The van der Waals surface area contributed by atoms with Gasteiger partial charge in [-0.25, -0.2) is 0 Å². The maximum atomic E-state index is 12.8. The highest BCUT2D eigenvalue weighted by molar-refractivity contribution is 5.89. The van der Waals surface area contributed by atoms with Gasteiger partial charge in [0.1, 0.15) is 0 Å². The zero-order valence-electron chi connectivity index (χ0n) is 11.4. The SMILES string of the molecule is CC1NC2(CCCC2)C(=O)N1CC1(C2CC2)CC1. The van der Waals surface area contributed by atoms with Crippen molar-refractivity contribution in [3.63, 3.8) is 0 Å². The van der Waals surface area contributed by atoms with Gasteiger partial charge in [-0.2, -0.15) is 0 Å². The van der Waals surface area contributed by atoms with Gasteiger partial charge in [-0.15, -0.1) is 0 Å². The molecule has 4 rings (SSSR count). The molecular formula is C15H24N2O. The topological polar surface area (TPSA) is 32.3 Å². The number of nitrogens with zero attached hydrogens (tertiary/aromatic N) is 1. The lowest BCUT2D eigenvalue weighted by Gasteiger charge is -2.27. The monoisotopic (exact) mass is 248 g/mol. The van der Waals surface area contributed by atoms with Crippen LogP contribution in [0.15, 0.2) is 0 Å². The van der Waals surface area contributed by atoms with Crippen LogP contribution in [0.25, 0.3) is 0 Å². The van der Waals surface area contributed by atoms with Gasteiger partial charge in [0, 0.05) is 6.54 Å². The number of hydrogen-bond donors (Lipinski definition) is 1. The summed E-state index contributed by atoms with van der Waals surface area (Å²) in [6.07, 6.45) is 10.4. The van der Waals surface area contributed by atoms with Crippen molar-refractivity contribution in [3.05, 3.63) is 0 Å². The second-order valence-electron chi connectivity index (χ2n) is 7.18. The number of rotatable bonds is 3. The molecular weight excluding hydrogens is 224 g/mol. The molecule has 1 atom stereocenters. The fraction of sp³-hybridized carbons (Fsp3) is 0.933. The first-order valence-electron chi connectivity index (χ1n) is 7.74. The van der Waals surface area contributed by atoms with Gasteiger partial charge in [0.05, 0.1) is 11.7 Å². The van der Waals surface area contributed by atoms with Crippen molar-refractivity contribution in [2.45, 2.75) is 70.0 Å². The average Bonchev–Trinajstić information content (AvgIpc) is 3.24. The molecule has 1 heterocycles. The standard InChI is InChI=1S/C15H24N2O/c1-11-16-15(6-2-3-7-15)13(18)17(11)10-14(8-9-14)12-4-5-12/h11-12,16H,2-10H2,1H3. The lowest BCUT2D eigenvalue weighted by atomic mass is 9.96. The summed E-state index contributed by atoms with van der Waals surface area (Å²) in [5.41, 5.74) is 0.370. The molecule has 0 bridgehead atoms. The van der Waals surface area contributed by atoms with Gasteiger partial charge >= 0.3 is 0 Å². The third-order valence-electron chi connectivity index (χ3n) is 5.90. The van der Waals surface area contributed by atoms with Crippen molar-refractivity contribution in [2.75, 3.05) is 6.54 Å². The van der Waals surface area contributed by atoms with E-state index in [1.54, 1.807) is 0 Å². The van der Waals surface area contributed by atoms with Crippen molar-refractivity contribution >= 4 is 5.91 Å². The zero-order valence-corrected chi connectivity index (χ0v) is 11.4. The molecule has 4 aliphatic rings. The molecule has 1 spiro atoms. The van der Waals surface area contributed by atoms with E-state index < -0.39 is 0 Å². The van der Waals surface area contributed by atoms with Crippen molar-refractivity contribution in [2.24, 2.45) is 11.3 Å². The van der Waals surface area contributed by atoms with Gasteiger partial charge in [0.25, 0.3) is 0 Å². The van der Waals surface area contributed by atoms with Crippen molar-refractivity contribution in [1.29, 1.82) is 0 Å². The van der Waals surface area contributed by atoms with Crippen molar-refractivity contribution in [1.82, 2.24) is 10.2 Å². The Balaban J connectivity index is 1.52. The predicted octanol–water partition coefficient (Wildman–Crippen LogP) is 2.27. The Kier molecular flexibility index (Phi) is 2.19. The molecule has 3 heteroatoms. The van der Waals surface area contributed by atoms with E-state index in [-0.39, 0.29) is 11.7 Å². The van der Waals surface area contributed by atoms with Crippen LogP contribution < -0.4 is 5.32 Å². The number of amides is 1. The highest BCUT2D eigenvalue weighted by Crippen LogP contribution is 2.62. The first-order chi connectivity index (χ1) is 8.65. The van der Waals surface area contributed by atoms with E-state index in [2.05, 4.69) is 17.1 Å². The van der Waals surface area contributed by atoms with Crippen LogP contribution in [-0.2, 0) is 4.79 Å². The molecule has 3 saturated carbocycles. The molecule has 0 aromatic carbocycles. The van der Waals surface area contributed by atoms with E-state index >= 15 is 0 Å². The van der Waals surface area contributed by atoms with Gasteiger partial charge in [-0.05, 0) is 56.8 Å². The normalized spacial score (nSPS) is 36.6. The summed E-state index contributed by atoms with van der Waals surface area (Å²) in [6, 6.07) is 0. The lowest BCUT2D eigenvalue weighted by molar-refractivity contribution is -0.133. The van der Waals surface area contributed by atoms with Crippen LogP contribution in [-0.4, -0.2) is 29.1 Å². The maximum Gasteiger partial charge on any atom is 0.244 e. The molecule has 0 aromatic rings. The molecule has 100 valence electrons. The van der Waals surface area contributed by atoms with Crippen LogP contribution in [0.2, 0.25) is 0 Å². The first-order valence-corrected chi connectivity index (χ1v) is 7.74. The Bertz CT molecular complexity index is 378. The maximum absolute atomic E-state index is 12.8. The molecule has 0 radical (unpaired) electrons. The van der Waals surface area contributed by atoms with Crippen LogP contribution in [0.1, 0.15) is 58.3 Å². The Morgan fingerprint density at radius 1 is 1.22 bits per heavy atom. The minimum atomic E-state index is -0.168. The van der Waals surface area contributed by atoms with E-state index in [0.717, 1.165) is 25.3 Å². The van der Waals surface area contributed by atoms with Gasteiger partial charge < -0.3 is 4.90 Å². The summed E-state index contributed by atoms with van der Waals surface area (Å²) in [6.45, 7) is 3.21. The zero-order chi connectivity index (χ0) is 12.4. The van der Waals surface area contributed by atoms with E-state index in [1.165, 1.54) is 38.5 Å². The van der Waals surface area contributed by atoms with Gasteiger partial charge in [0.2, 0.25) is 5.91 Å². The molecule has 3 aliphatic carbocycles. The third-order valence-corrected chi connectivity index (χ3v) is 5.90. The Morgan fingerprint density at radius 3 is 2.44 bits per heavy atom. The molecule has 18 heavy (non-hydrogen) atoms. The minimum Gasteiger partial charge on any atom is -0.325 e. The second kappa shape index (κ2) is 3.50. The van der Waals surface area contributed by atoms with Crippen LogP contribution in [0.4, 0.5) is 0 Å². The smallest absolute Gasteiger partial charge is 0.244 e. The summed E-state index contributed by atoms with van der Waals surface area (Å²) in [7, 11) is 0. The number of hydrogen-bond acceptors (Lipinski definition) is 2. The summed E-state index contributed by atoms with van der Waals surface area (Å²) in [4.78, 5) is 14.9.